The van der Waals surface area contributed by atoms with Crippen LogP contribution in [0.4, 0.5) is 0 Å². The van der Waals surface area contributed by atoms with Gasteiger partial charge in [-0.1, -0.05) is 19.1 Å². The van der Waals surface area contributed by atoms with E-state index in [2.05, 4.69) is 0 Å². The lowest BCUT2D eigenvalue weighted by atomic mass is 9.95. The minimum absolute atomic E-state index is 0.0276. The quantitative estimate of drug-likeness (QED) is 0.180. The van der Waals surface area contributed by atoms with E-state index in [1.54, 1.807) is 19.1 Å². The maximum Gasteiger partial charge on any atom is 0.305 e. The molecular weight excluding hydrogens is 612 g/mol. The number of hydrogen-bond donors (Lipinski definition) is 7. The van der Waals surface area contributed by atoms with Crippen LogP contribution in [0, 0.1) is 0 Å². The number of rotatable bonds is 9. The largest absolute Gasteiger partial charge is 0.508 e. The highest BCUT2D eigenvalue weighted by Gasteiger charge is 2.51. The minimum atomic E-state index is -1.79. The van der Waals surface area contributed by atoms with E-state index in [1.165, 1.54) is 25.1 Å². The van der Waals surface area contributed by atoms with E-state index in [4.69, 9.17) is 28.4 Å². The molecule has 0 amide bonds. The van der Waals surface area contributed by atoms with Gasteiger partial charge in [-0.15, -0.1) is 0 Å². The van der Waals surface area contributed by atoms with Crippen LogP contribution in [0.15, 0.2) is 36.4 Å². The molecule has 5 rings (SSSR count). The summed E-state index contributed by atoms with van der Waals surface area (Å²) in [5.74, 6) is -1.57. The summed E-state index contributed by atoms with van der Waals surface area (Å²) < 4.78 is 34.3. The maximum absolute atomic E-state index is 13.0. The first-order valence-corrected chi connectivity index (χ1v) is 14.9. The SMILES string of the molecule is CCCC(=O)OC[C@H]1O[C@@H](Oc2cc(O)c3c(c2)O[C@H](c2ccc(O)cc2)CC3=O)[C@H](O[C@@H]2O[C@@H](C)[C@H](O)[C@@H](O)[C@H]2O)[C@@H](O)[C@@H]1O. The monoisotopic (exact) mass is 650 g/mol. The summed E-state index contributed by atoms with van der Waals surface area (Å²) in [7, 11) is 0. The average Bonchev–Trinajstić information content (AvgIpc) is 3.01. The van der Waals surface area contributed by atoms with Crippen LogP contribution in [0.3, 0.4) is 0 Å². The van der Waals surface area contributed by atoms with Crippen molar-refractivity contribution in [2.75, 3.05) is 6.61 Å². The Morgan fingerprint density at radius 2 is 1.63 bits per heavy atom. The first kappa shape index (κ1) is 33.8. The second-order valence-electron chi connectivity index (χ2n) is 11.5. The van der Waals surface area contributed by atoms with Crippen LogP contribution in [0.2, 0.25) is 0 Å². The Morgan fingerprint density at radius 1 is 0.913 bits per heavy atom. The molecule has 11 atom stereocenters. The molecule has 3 aliphatic heterocycles. The fourth-order valence-electron chi connectivity index (χ4n) is 5.51. The number of aliphatic hydroxyl groups is 5. The lowest BCUT2D eigenvalue weighted by molar-refractivity contribution is -0.354. The molecule has 0 bridgehead atoms. The normalized spacial score (nSPS) is 34.3. The molecule has 2 fully saturated rings. The van der Waals surface area contributed by atoms with Crippen LogP contribution in [-0.2, 0) is 23.7 Å². The van der Waals surface area contributed by atoms with Crippen molar-refractivity contribution >= 4 is 11.8 Å². The van der Waals surface area contributed by atoms with Gasteiger partial charge in [0, 0.05) is 18.6 Å². The van der Waals surface area contributed by atoms with Gasteiger partial charge in [-0.2, -0.15) is 0 Å². The molecule has 3 aliphatic rings. The molecule has 46 heavy (non-hydrogen) atoms. The predicted octanol–water partition coefficient (Wildman–Crippen LogP) is 0.186. The molecule has 0 aromatic heterocycles. The van der Waals surface area contributed by atoms with Gasteiger partial charge in [0.15, 0.2) is 18.2 Å². The predicted molar refractivity (Wildman–Crippen MR) is 153 cm³/mol. The molecule has 15 nitrogen and oxygen atoms in total. The molecular formula is C31H38O15. The van der Waals surface area contributed by atoms with Gasteiger partial charge < -0.3 is 64.2 Å². The number of carbonyl (C=O) groups excluding carboxylic acids is 2. The zero-order valence-corrected chi connectivity index (χ0v) is 25.0. The van der Waals surface area contributed by atoms with Crippen molar-refractivity contribution in [3.63, 3.8) is 0 Å². The number of hydrogen-bond acceptors (Lipinski definition) is 15. The Bertz CT molecular complexity index is 1380. The van der Waals surface area contributed by atoms with E-state index in [9.17, 15) is 45.3 Å². The summed E-state index contributed by atoms with van der Waals surface area (Å²) >= 11 is 0. The van der Waals surface area contributed by atoms with Crippen molar-refractivity contribution < 1.29 is 73.8 Å². The topological polar surface area (TPSA) is 231 Å². The van der Waals surface area contributed by atoms with E-state index < -0.39 is 91.6 Å². The fourth-order valence-corrected chi connectivity index (χ4v) is 5.51. The van der Waals surface area contributed by atoms with Crippen molar-refractivity contribution in [3.05, 3.63) is 47.5 Å². The Balaban J connectivity index is 1.42. The molecule has 0 radical (unpaired) electrons. The van der Waals surface area contributed by atoms with Gasteiger partial charge in [0.1, 0.15) is 77.9 Å². The third-order valence-electron chi connectivity index (χ3n) is 8.10. The summed E-state index contributed by atoms with van der Waals surface area (Å²) in [5.41, 5.74) is 0.507. The molecule has 3 heterocycles. The molecule has 2 aromatic carbocycles. The van der Waals surface area contributed by atoms with Crippen LogP contribution in [0.1, 0.15) is 55.1 Å². The number of benzene rings is 2. The molecule has 2 saturated heterocycles. The van der Waals surface area contributed by atoms with Crippen molar-refractivity contribution in [3.8, 4) is 23.0 Å². The summed E-state index contributed by atoms with van der Waals surface area (Å²) in [4.78, 5) is 25.0. The van der Waals surface area contributed by atoms with Gasteiger partial charge in [0.25, 0.3) is 0 Å². The average molecular weight is 651 g/mol. The van der Waals surface area contributed by atoms with Crippen molar-refractivity contribution in [2.24, 2.45) is 0 Å². The Kier molecular flexibility index (Phi) is 10.3. The number of phenols is 2. The number of esters is 1. The van der Waals surface area contributed by atoms with Crippen LogP contribution in [0.25, 0.3) is 0 Å². The number of ketones is 1. The minimum Gasteiger partial charge on any atom is -0.508 e. The Hall–Kier alpha value is -3.54. The first-order chi connectivity index (χ1) is 21.9. The maximum atomic E-state index is 13.0. The molecule has 0 unspecified atom stereocenters. The Morgan fingerprint density at radius 3 is 2.33 bits per heavy atom. The Labute approximate surface area is 263 Å². The number of ether oxygens (including phenoxy) is 6. The molecule has 2 aromatic rings. The van der Waals surface area contributed by atoms with Crippen LogP contribution < -0.4 is 9.47 Å². The van der Waals surface area contributed by atoms with Gasteiger partial charge >= 0.3 is 5.97 Å². The summed E-state index contributed by atoms with van der Waals surface area (Å²) in [6.45, 7) is 2.74. The highest BCUT2D eigenvalue weighted by molar-refractivity contribution is 6.02. The zero-order chi connectivity index (χ0) is 33.3. The van der Waals surface area contributed by atoms with Crippen LogP contribution >= 0.6 is 0 Å². The fraction of sp³-hybridized carbons (Fsp3) is 0.548. The van der Waals surface area contributed by atoms with Gasteiger partial charge in [-0.25, -0.2) is 0 Å². The second kappa shape index (κ2) is 14.1. The van der Waals surface area contributed by atoms with Crippen molar-refractivity contribution in [1.29, 1.82) is 0 Å². The summed E-state index contributed by atoms with van der Waals surface area (Å²) in [5, 5.41) is 73.2. The molecule has 252 valence electrons. The molecule has 15 heteroatoms. The number of carbonyl (C=O) groups is 2. The van der Waals surface area contributed by atoms with E-state index in [-0.39, 0.29) is 35.7 Å². The lowest BCUT2D eigenvalue weighted by Gasteiger charge is -2.45. The lowest BCUT2D eigenvalue weighted by Crippen LogP contribution is -2.64. The smallest absolute Gasteiger partial charge is 0.305 e. The van der Waals surface area contributed by atoms with E-state index >= 15 is 0 Å². The number of phenolic OH excluding ortho intramolecular Hbond substituents is 2. The van der Waals surface area contributed by atoms with E-state index in [1.807, 2.05) is 0 Å². The van der Waals surface area contributed by atoms with Crippen LogP contribution in [0.5, 0.6) is 23.0 Å². The number of Topliss-reactive ketones (excluding diaryl/α,β-unsaturated/α-hetero) is 1. The van der Waals surface area contributed by atoms with Crippen molar-refractivity contribution in [2.45, 2.75) is 101 Å². The first-order valence-electron chi connectivity index (χ1n) is 14.9. The van der Waals surface area contributed by atoms with Gasteiger partial charge in [-0.05, 0) is 31.0 Å². The third kappa shape index (κ3) is 7.06. The van der Waals surface area contributed by atoms with Crippen molar-refractivity contribution in [1.82, 2.24) is 0 Å². The zero-order valence-electron chi connectivity index (χ0n) is 25.0. The van der Waals surface area contributed by atoms with Gasteiger partial charge in [0.05, 0.1) is 12.5 Å². The highest BCUT2D eigenvalue weighted by atomic mass is 16.8. The van der Waals surface area contributed by atoms with Crippen LogP contribution in [-0.4, -0.2) is 116 Å². The number of fused-ring (bicyclic) bond motifs is 1. The standard InChI is InChI=1S/C31H38O15/c1-3-4-22(35)41-12-21-25(37)27(39)29(46-30-28(40)26(38)24(36)13(2)42-30)31(45-21)43-16-9-17(33)23-18(34)11-19(44-20(23)10-16)14-5-7-15(32)8-6-14/h5-10,13,19,21,24-33,36-40H,3-4,11-12H2,1-2H3/t13-,19-,21+,24-,25+,26+,27-,28+,29+,30-,31+/m0/s1. The number of aliphatic hydroxyl groups excluding tert-OH is 5. The molecule has 0 saturated carbocycles. The molecule has 0 spiro atoms. The number of aromatic hydroxyl groups is 2. The third-order valence-corrected chi connectivity index (χ3v) is 8.10. The van der Waals surface area contributed by atoms with Gasteiger partial charge in [0.2, 0.25) is 6.29 Å². The van der Waals surface area contributed by atoms with E-state index in [0.29, 0.717) is 12.0 Å². The highest BCUT2D eigenvalue weighted by Crippen LogP contribution is 2.43. The molecule has 7 N–H and O–H groups in total. The van der Waals surface area contributed by atoms with Gasteiger partial charge in [-0.3, -0.25) is 9.59 Å². The molecule has 0 aliphatic carbocycles. The van der Waals surface area contributed by atoms with E-state index in [0.717, 1.165) is 6.07 Å². The summed E-state index contributed by atoms with van der Waals surface area (Å²) in [6.07, 6.45) is -15.7. The second-order valence-corrected chi connectivity index (χ2v) is 11.5. The summed E-state index contributed by atoms with van der Waals surface area (Å²) in [6, 6.07) is 8.49.